The van der Waals surface area contributed by atoms with Crippen LogP contribution in [0.15, 0.2) is 36.5 Å². The number of carbonyl (C=O) groups is 2. The third-order valence-electron chi connectivity index (χ3n) is 5.11. The minimum Gasteiger partial charge on any atom is -0.484 e. The summed E-state index contributed by atoms with van der Waals surface area (Å²) in [6, 6.07) is 6.43. The molecule has 1 saturated carbocycles. The SMILES string of the molecule is O=C(COc1ccc(Cl)c(F)c1)N[C@H]1CC[C@H](C(=O)Nc2ccc(OCC(F)(F)F)nc2)CC1. The van der Waals surface area contributed by atoms with E-state index in [9.17, 15) is 27.2 Å². The van der Waals surface area contributed by atoms with E-state index in [0.717, 1.165) is 6.07 Å². The zero-order valence-corrected chi connectivity index (χ0v) is 18.6. The fraction of sp³-hybridized carbons (Fsp3) is 0.409. The Labute approximate surface area is 197 Å². The van der Waals surface area contributed by atoms with E-state index in [1.54, 1.807) is 0 Å². The van der Waals surface area contributed by atoms with Crippen LogP contribution in [0.1, 0.15) is 25.7 Å². The van der Waals surface area contributed by atoms with Crippen LogP contribution in [0.4, 0.5) is 23.2 Å². The number of rotatable bonds is 8. The highest BCUT2D eigenvalue weighted by molar-refractivity contribution is 6.30. The smallest absolute Gasteiger partial charge is 0.422 e. The van der Waals surface area contributed by atoms with Gasteiger partial charge in [-0.25, -0.2) is 9.37 Å². The first-order chi connectivity index (χ1) is 16.1. The van der Waals surface area contributed by atoms with Gasteiger partial charge in [-0.2, -0.15) is 13.2 Å². The van der Waals surface area contributed by atoms with Crippen LogP contribution < -0.4 is 20.1 Å². The standard InChI is InChI=1S/C22H22ClF4N3O4/c23-17-7-6-16(9-18(17)24)33-11-19(31)29-14-3-1-13(2-4-14)21(32)30-15-5-8-20(28-10-15)34-12-22(25,26)27/h5-10,13-14H,1-4,11-12H2,(H,29,31)(H,30,32)/t13-,14-. The van der Waals surface area contributed by atoms with Crippen molar-refractivity contribution in [3.63, 3.8) is 0 Å². The van der Waals surface area contributed by atoms with Gasteiger partial charge in [0.15, 0.2) is 13.2 Å². The Morgan fingerprint density at radius 1 is 1.09 bits per heavy atom. The average Bonchev–Trinajstić information content (AvgIpc) is 2.79. The van der Waals surface area contributed by atoms with Gasteiger partial charge in [0.05, 0.1) is 16.9 Å². The second-order valence-corrected chi connectivity index (χ2v) is 8.17. The average molecular weight is 504 g/mol. The molecule has 2 aromatic rings. The number of hydrogen-bond donors (Lipinski definition) is 2. The predicted octanol–water partition coefficient (Wildman–Crippen LogP) is 4.51. The molecule has 1 heterocycles. The van der Waals surface area contributed by atoms with Gasteiger partial charge in [-0.3, -0.25) is 9.59 Å². The van der Waals surface area contributed by atoms with Gasteiger partial charge < -0.3 is 20.1 Å². The number of ether oxygens (including phenoxy) is 2. The van der Waals surface area contributed by atoms with Gasteiger partial charge in [0.25, 0.3) is 5.91 Å². The number of carbonyl (C=O) groups excluding carboxylic acids is 2. The molecular formula is C22H22ClF4N3O4. The Morgan fingerprint density at radius 2 is 1.82 bits per heavy atom. The lowest BCUT2D eigenvalue weighted by atomic mass is 9.85. The summed E-state index contributed by atoms with van der Waals surface area (Å²) in [7, 11) is 0. The first kappa shape index (κ1) is 25.5. The molecular weight excluding hydrogens is 482 g/mol. The highest BCUT2D eigenvalue weighted by Crippen LogP contribution is 2.26. The van der Waals surface area contributed by atoms with Crippen molar-refractivity contribution in [1.29, 1.82) is 0 Å². The minimum absolute atomic E-state index is 0.0409. The van der Waals surface area contributed by atoms with E-state index < -0.39 is 18.6 Å². The molecule has 2 amide bonds. The molecule has 0 unspecified atom stereocenters. The first-order valence-corrected chi connectivity index (χ1v) is 10.8. The number of amides is 2. The highest BCUT2D eigenvalue weighted by atomic mass is 35.5. The largest absolute Gasteiger partial charge is 0.484 e. The van der Waals surface area contributed by atoms with E-state index >= 15 is 0 Å². The molecule has 0 aliphatic heterocycles. The van der Waals surface area contributed by atoms with Crippen molar-refractivity contribution in [2.45, 2.75) is 37.9 Å². The summed E-state index contributed by atoms with van der Waals surface area (Å²) < 4.78 is 59.7. The number of pyridine rings is 1. The second kappa shape index (κ2) is 11.4. The lowest BCUT2D eigenvalue weighted by Gasteiger charge is -2.28. The highest BCUT2D eigenvalue weighted by Gasteiger charge is 2.29. The Balaban J connectivity index is 1.37. The van der Waals surface area contributed by atoms with Crippen molar-refractivity contribution in [3.8, 4) is 11.6 Å². The number of nitrogens with zero attached hydrogens (tertiary/aromatic N) is 1. The topological polar surface area (TPSA) is 89.5 Å². The van der Waals surface area contributed by atoms with E-state index in [4.69, 9.17) is 16.3 Å². The fourth-order valence-electron chi connectivity index (χ4n) is 3.42. The molecule has 1 aromatic heterocycles. The number of halogens is 5. The zero-order valence-electron chi connectivity index (χ0n) is 17.8. The van der Waals surface area contributed by atoms with Gasteiger partial charge in [0, 0.05) is 24.1 Å². The Bertz CT molecular complexity index is 997. The molecule has 1 fully saturated rings. The number of benzene rings is 1. The van der Waals surface area contributed by atoms with Crippen LogP contribution in [0.5, 0.6) is 11.6 Å². The molecule has 0 atom stereocenters. The van der Waals surface area contributed by atoms with Crippen molar-refractivity contribution in [3.05, 3.63) is 47.4 Å². The molecule has 34 heavy (non-hydrogen) atoms. The van der Waals surface area contributed by atoms with Gasteiger partial charge in [0.1, 0.15) is 11.6 Å². The Morgan fingerprint density at radius 3 is 2.44 bits per heavy atom. The third-order valence-corrected chi connectivity index (χ3v) is 5.42. The molecule has 12 heteroatoms. The van der Waals surface area contributed by atoms with Gasteiger partial charge in [-0.1, -0.05) is 11.6 Å². The normalized spacial score (nSPS) is 18.1. The van der Waals surface area contributed by atoms with E-state index in [-0.39, 0.29) is 47.0 Å². The van der Waals surface area contributed by atoms with Crippen molar-refractivity contribution in [2.24, 2.45) is 5.92 Å². The summed E-state index contributed by atoms with van der Waals surface area (Å²) in [5.74, 6) is -1.52. The summed E-state index contributed by atoms with van der Waals surface area (Å²) in [5, 5.41) is 5.48. The van der Waals surface area contributed by atoms with Crippen LogP contribution in [-0.2, 0) is 9.59 Å². The zero-order chi connectivity index (χ0) is 24.7. The Kier molecular flexibility index (Phi) is 8.54. The molecule has 184 valence electrons. The first-order valence-electron chi connectivity index (χ1n) is 10.4. The molecule has 0 radical (unpaired) electrons. The summed E-state index contributed by atoms with van der Waals surface area (Å²) in [4.78, 5) is 28.3. The van der Waals surface area contributed by atoms with E-state index in [1.807, 2.05) is 0 Å². The second-order valence-electron chi connectivity index (χ2n) is 7.76. The van der Waals surface area contributed by atoms with Crippen molar-refractivity contribution >= 4 is 29.1 Å². The molecule has 0 spiro atoms. The quantitative estimate of drug-likeness (QED) is 0.517. The van der Waals surface area contributed by atoms with E-state index in [2.05, 4.69) is 20.4 Å². The van der Waals surface area contributed by atoms with E-state index in [0.29, 0.717) is 31.4 Å². The summed E-state index contributed by atoms with van der Waals surface area (Å²) >= 11 is 5.60. The summed E-state index contributed by atoms with van der Waals surface area (Å²) in [6.07, 6.45) is -0.984. The maximum absolute atomic E-state index is 13.4. The van der Waals surface area contributed by atoms with Gasteiger partial charge in [0.2, 0.25) is 11.8 Å². The Hall–Kier alpha value is -3.08. The molecule has 0 bridgehead atoms. The van der Waals surface area contributed by atoms with Crippen LogP contribution >= 0.6 is 11.6 Å². The summed E-state index contributed by atoms with van der Waals surface area (Å²) in [5.41, 5.74) is 0.343. The molecule has 1 aliphatic carbocycles. The molecule has 3 rings (SSSR count). The van der Waals surface area contributed by atoms with Crippen molar-refractivity contribution in [2.75, 3.05) is 18.5 Å². The molecule has 1 aliphatic rings. The third kappa shape index (κ3) is 8.05. The maximum atomic E-state index is 13.4. The number of alkyl halides is 3. The summed E-state index contributed by atoms with van der Waals surface area (Å²) in [6.45, 7) is -1.73. The number of anilines is 1. The van der Waals surface area contributed by atoms with Gasteiger partial charge >= 0.3 is 6.18 Å². The van der Waals surface area contributed by atoms with E-state index in [1.165, 1.54) is 30.5 Å². The number of hydrogen-bond acceptors (Lipinski definition) is 5. The van der Waals surface area contributed by atoms with Crippen LogP contribution in [0.25, 0.3) is 0 Å². The van der Waals surface area contributed by atoms with Crippen molar-refractivity contribution < 1.29 is 36.6 Å². The van der Waals surface area contributed by atoms with Crippen LogP contribution in [0.2, 0.25) is 5.02 Å². The number of nitrogens with one attached hydrogen (secondary N) is 2. The predicted molar refractivity (Wildman–Crippen MR) is 115 cm³/mol. The molecule has 2 N–H and O–H groups in total. The monoisotopic (exact) mass is 503 g/mol. The van der Waals surface area contributed by atoms with Crippen LogP contribution in [0.3, 0.4) is 0 Å². The molecule has 1 aromatic carbocycles. The maximum Gasteiger partial charge on any atom is 0.422 e. The number of aromatic nitrogens is 1. The minimum atomic E-state index is -4.46. The lowest BCUT2D eigenvalue weighted by Crippen LogP contribution is -2.41. The van der Waals surface area contributed by atoms with Gasteiger partial charge in [-0.05, 0) is 43.9 Å². The van der Waals surface area contributed by atoms with Crippen LogP contribution in [0, 0.1) is 11.7 Å². The van der Waals surface area contributed by atoms with Crippen molar-refractivity contribution in [1.82, 2.24) is 10.3 Å². The van der Waals surface area contributed by atoms with Crippen LogP contribution in [-0.4, -0.2) is 42.2 Å². The fourth-order valence-corrected chi connectivity index (χ4v) is 3.54. The molecule has 0 saturated heterocycles. The molecule has 7 nitrogen and oxygen atoms in total. The van der Waals surface area contributed by atoms with Gasteiger partial charge in [-0.15, -0.1) is 0 Å². The lowest BCUT2D eigenvalue weighted by molar-refractivity contribution is -0.154.